The van der Waals surface area contributed by atoms with Gasteiger partial charge in [-0.1, -0.05) is 51.6 Å². The van der Waals surface area contributed by atoms with Crippen molar-refractivity contribution in [3.05, 3.63) is 30.4 Å². The number of nitrogens with two attached hydrogens (primary N) is 1. The molecule has 0 saturated heterocycles. The van der Waals surface area contributed by atoms with Gasteiger partial charge in [0, 0.05) is 5.57 Å². The molecule has 0 bridgehead atoms. The highest BCUT2D eigenvalue weighted by atomic mass is 16.5. The van der Waals surface area contributed by atoms with Crippen molar-refractivity contribution >= 4 is 5.57 Å². The van der Waals surface area contributed by atoms with E-state index in [1.165, 1.54) is 0 Å². The van der Waals surface area contributed by atoms with Crippen LogP contribution >= 0.6 is 0 Å². The summed E-state index contributed by atoms with van der Waals surface area (Å²) in [4.78, 5) is 4.32. The third-order valence-corrected chi connectivity index (χ3v) is 2.54. The molecule has 4 nitrogen and oxygen atoms in total. The molecule has 1 heterocycles. The maximum atomic E-state index is 6.06. The van der Waals surface area contributed by atoms with Crippen LogP contribution in [0.3, 0.4) is 0 Å². The molecule has 1 unspecified atom stereocenters. The fraction of sp³-hybridized carbons (Fsp3) is 0.538. The van der Waals surface area contributed by atoms with Crippen LogP contribution in [0.5, 0.6) is 0 Å². The van der Waals surface area contributed by atoms with E-state index in [0.717, 1.165) is 12.0 Å². The Morgan fingerprint density at radius 3 is 2.65 bits per heavy atom. The van der Waals surface area contributed by atoms with E-state index >= 15 is 0 Å². The zero-order valence-corrected chi connectivity index (χ0v) is 11.0. The number of nitrogens with zero attached hydrogens (tertiary/aromatic N) is 2. The van der Waals surface area contributed by atoms with Crippen molar-refractivity contribution in [2.75, 3.05) is 0 Å². The quantitative estimate of drug-likeness (QED) is 0.814. The van der Waals surface area contributed by atoms with E-state index in [9.17, 15) is 0 Å². The molecule has 94 valence electrons. The van der Waals surface area contributed by atoms with E-state index in [1.54, 1.807) is 6.08 Å². The van der Waals surface area contributed by atoms with Crippen molar-refractivity contribution in [3.63, 3.8) is 0 Å². The second kappa shape index (κ2) is 5.27. The van der Waals surface area contributed by atoms with E-state index in [0.29, 0.717) is 11.7 Å². The molecule has 0 fully saturated rings. The number of aromatic nitrogens is 2. The predicted molar refractivity (Wildman–Crippen MR) is 69.1 cm³/mol. The Morgan fingerprint density at radius 1 is 1.53 bits per heavy atom. The monoisotopic (exact) mass is 235 g/mol. The largest absolute Gasteiger partial charge is 0.337 e. The summed E-state index contributed by atoms with van der Waals surface area (Å²) in [5, 5.41) is 3.93. The van der Waals surface area contributed by atoms with Crippen LogP contribution in [0.2, 0.25) is 0 Å². The van der Waals surface area contributed by atoms with Crippen LogP contribution < -0.4 is 5.73 Å². The van der Waals surface area contributed by atoms with Crippen molar-refractivity contribution in [2.24, 2.45) is 11.1 Å². The minimum atomic E-state index is -0.267. The van der Waals surface area contributed by atoms with Crippen LogP contribution in [-0.4, -0.2) is 10.1 Å². The molecule has 0 radical (unpaired) electrons. The number of rotatable bonds is 4. The molecule has 0 aromatic carbocycles. The standard InChI is InChI=1S/C13H21N3O/c1-6-8-9(7-2)11-15-12(17-16-11)10(14)13(3,4)5/h7-8,10H,2,6,14H2,1,3-5H3/b9-8+. The Morgan fingerprint density at radius 2 is 2.18 bits per heavy atom. The lowest BCUT2D eigenvalue weighted by Crippen LogP contribution is -2.26. The smallest absolute Gasteiger partial charge is 0.244 e. The highest BCUT2D eigenvalue weighted by Crippen LogP contribution is 2.29. The Hall–Kier alpha value is -1.42. The minimum Gasteiger partial charge on any atom is -0.337 e. The third kappa shape index (κ3) is 3.27. The molecule has 0 amide bonds. The molecule has 2 N–H and O–H groups in total. The van der Waals surface area contributed by atoms with Crippen molar-refractivity contribution in [1.29, 1.82) is 0 Å². The molecule has 1 rings (SSSR count). The van der Waals surface area contributed by atoms with Gasteiger partial charge in [0.1, 0.15) is 0 Å². The minimum absolute atomic E-state index is 0.105. The highest BCUT2D eigenvalue weighted by molar-refractivity contribution is 5.68. The Kier molecular flexibility index (Phi) is 4.23. The van der Waals surface area contributed by atoms with Gasteiger partial charge in [-0.05, 0) is 11.8 Å². The van der Waals surface area contributed by atoms with Gasteiger partial charge >= 0.3 is 0 Å². The summed E-state index contributed by atoms with van der Waals surface area (Å²) >= 11 is 0. The SMILES string of the molecule is C=C/C(=C\CC)c1noc(C(N)C(C)(C)C)n1. The van der Waals surface area contributed by atoms with Crippen LogP contribution in [0, 0.1) is 5.41 Å². The van der Waals surface area contributed by atoms with Crippen LogP contribution in [0.25, 0.3) is 5.57 Å². The number of allylic oxidation sites excluding steroid dienone is 3. The molecule has 17 heavy (non-hydrogen) atoms. The first kappa shape index (κ1) is 13.6. The van der Waals surface area contributed by atoms with Crippen molar-refractivity contribution < 1.29 is 4.52 Å². The maximum Gasteiger partial charge on any atom is 0.244 e. The Balaban J connectivity index is 2.99. The van der Waals surface area contributed by atoms with Crippen molar-refractivity contribution in [1.82, 2.24) is 10.1 Å². The van der Waals surface area contributed by atoms with Crippen molar-refractivity contribution in [3.8, 4) is 0 Å². The average molecular weight is 235 g/mol. The van der Waals surface area contributed by atoms with Gasteiger partial charge in [0.25, 0.3) is 0 Å². The summed E-state index contributed by atoms with van der Waals surface area (Å²) in [5.74, 6) is 1.02. The number of hydrogen-bond donors (Lipinski definition) is 1. The highest BCUT2D eigenvalue weighted by Gasteiger charge is 2.27. The molecule has 1 atom stereocenters. The molecule has 0 aliphatic rings. The zero-order valence-electron chi connectivity index (χ0n) is 11.0. The van der Waals surface area contributed by atoms with Gasteiger partial charge in [-0.25, -0.2) is 0 Å². The predicted octanol–water partition coefficient (Wildman–Crippen LogP) is 3.09. The number of hydrogen-bond acceptors (Lipinski definition) is 4. The first-order valence-corrected chi connectivity index (χ1v) is 5.82. The Bertz CT molecular complexity index is 413. The molecule has 0 aliphatic heterocycles. The van der Waals surface area contributed by atoms with Gasteiger partial charge in [-0.2, -0.15) is 4.98 Å². The second-order valence-corrected chi connectivity index (χ2v) is 5.07. The normalized spacial score (nSPS) is 14.8. The molecule has 1 aromatic heterocycles. The molecule has 1 aromatic rings. The van der Waals surface area contributed by atoms with Gasteiger partial charge in [0.15, 0.2) is 0 Å². The molecule has 4 heteroatoms. The van der Waals surface area contributed by atoms with Crippen LogP contribution in [-0.2, 0) is 0 Å². The molecular formula is C13H21N3O. The topological polar surface area (TPSA) is 64.9 Å². The summed E-state index contributed by atoms with van der Waals surface area (Å²) < 4.78 is 5.21. The zero-order chi connectivity index (χ0) is 13.1. The molecule has 0 aliphatic carbocycles. The summed E-state index contributed by atoms with van der Waals surface area (Å²) in [6, 6.07) is -0.267. The van der Waals surface area contributed by atoms with Gasteiger partial charge in [-0.3, -0.25) is 0 Å². The van der Waals surface area contributed by atoms with E-state index in [4.69, 9.17) is 10.3 Å². The fourth-order valence-electron chi connectivity index (χ4n) is 1.34. The van der Waals surface area contributed by atoms with E-state index in [-0.39, 0.29) is 11.5 Å². The summed E-state index contributed by atoms with van der Waals surface area (Å²) in [5.41, 5.74) is 6.83. The summed E-state index contributed by atoms with van der Waals surface area (Å²) in [6.45, 7) is 11.9. The van der Waals surface area contributed by atoms with Gasteiger partial charge < -0.3 is 10.3 Å². The lowest BCUT2D eigenvalue weighted by atomic mass is 9.87. The van der Waals surface area contributed by atoms with Crippen LogP contribution in [0.1, 0.15) is 51.9 Å². The summed E-state index contributed by atoms with van der Waals surface area (Å²) in [6.07, 6.45) is 4.63. The van der Waals surface area contributed by atoms with E-state index in [2.05, 4.69) is 16.7 Å². The van der Waals surface area contributed by atoms with Crippen LogP contribution in [0.15, 0.2) is 23.3 Å². The third-order valence-electron chi connectivity index (χ3n) is 2.54. The van der Waals surface area contributed by atoms with Gasteiger partial charge in [0.05, 0.1) is 6.04 Å². The molecular weight excluding hydrogens is 214 g/mol. The van der Waals surface area contributed by atoms with Gasteiger partial charge in [-0.15, -0.1) is 0 Å². The lowest BCUT2D eigenvalue weighted by Gasteiger charge is -2.23. The second-order valence-electron chi connectivity index (χ2n) is 5.07. The van der Waals surface area contributed by atoms with E-state index < -0.39 is 0 Å². The van der Waals surface area contributed by atoms with Gasteiger partial charge in [0.2, 0.25) is 11.7 Å². The fourth-order valence-corrected chi connectivity index (χ4v) is 1.34. The first-order chi connectivity index (χ1) is 7.90. The maximum absolute atomic E-state index is 6.06. The molecule has 0 saturated carbocycles. The first-order valence-electron chi connectivity index (χ1n) is 5.82. The van der Waals surface area contributed by atoms with Crippen molar-refractivity contribution in [2.45, 2.75) is 40.2 Å². The summed E-state index contributed by atoms with van der Waals surface area (Å²) in [7, 11) is 0. The Labute approximate surface area is 103 Å². The van der Waals surface area contributed by atoms with Crippen LogP contribution in [0.4, 0.5) is 0 Å². The lowest BCUT2D eigenvalue weighted by molar-refractivity contribution is 0.252. The molecule has 0 spiro atoms. The van der Waals surface area contributed by atoms with E-state index in [1.807, 2.05) is 33.8 Å². The average Bonchev–Trinajstić information content (AvgIpc) is 2.72.